The van der Waals surface area contributed by atoms with E-state index in [0.717, 1.165) is 77.0 Å². The third-order valence-electron chi connectivity index (χ3n) is 10.2. The number of carboxylic acids is 1. The van der Waals surface area contributed by atoms with Crippen molar-refractivity contribution in [3.63, 3.8) is 0 Å². The first-order chi connectivity index (χ1) is 23.3. The van der Waals surface area contributed by atoms with E-state index in [-0.39, 0.29) is 41.6 Å². The number of esters is 3. The molecule has 0 radical (unpaired) electrons. The van der Waals surface area contributed by atoms with Crippen molar-refractivity contribution in [3.05, 3.63) is 0 Å². The van der Waals surface area contributed by atoms with Crippen LogP contribution in [0.5, 0.6) is 0 Å². The summed E-state index contributed by atoms with van der Waals surface area (Å²) in [5, 5.41) is 9.03. The molecule has 0 aromatic heterocycles. The quantitative estimate of drug-likeness (QED) is 0.0608. The predicted octanol–water partition coefficient (Wildman–Crippen LogP) is 10.2. The fraction of sp³-hybridized carbons (Fsp3) is 0.900. The van der Waals surface area contributed by atoms with Gasteiger partial charge >= 0.3 is 23.9 Å². The summed E-state index contributed by atoms with van der Waals surface area (Å²) in [5.74, 6) is -1.39. The monoisotopic (exact) mass is 681 g/mol. The van der Waals surface area contributed by atoms with Crippen molar-refractivity contribution in [2.75, 3.05) is 19.8 Å². The molecular weight excluding hydrogens is 608 g/mol. The molecule has 0 saturated heterocycles. The minimum Gasteiger partial charge on any atom is -0.481 e. The van der Waals surface area contributed by atoms with Crippen LogP contribution in [-0.2, 0) is 33.4 Å². The van der Waals surface area contributed by atoms with Gasteiger partial charge in [-0.3, -0.25) is 19.2 Å². The van der Waals surface area contributed by atoms with Crippen LogP contribution in [0.4, 0.5) is 0 Å². The molecule has 0 aromatic rings. The first-order valence-electron chi connectivity index (χ1n) is 20.0. The van der Waals surface area contributed by atoms with Gasteiger partial charge in [-0.05, 0) is 63.7 Å². The summed E-state index contributed by atoms with van der Waals surface area (Å²) in [6.07, 6.45) is 24.5. The maximum Gasteiger partial charge on any atom is 0.308 e. The van der Waals surface area contributed by atoms with Crippen molar-refractivity contribution in [1.29, 1.82) is 0 Å². The molecule has 2 aliphatic rings. The number of carbonyl (C=O) groups excluding carboxylic acids is 3. The number of hydrogen-bond donors (Lipinski definition) is 1. The summed E-state index contributed by atoms with van der Waals surface area (Å²) in [7, 11) is 0. The van der Waals surface area contributed by atoms with Crippen LogP contribution in [0.15, 0.2) is 0 Å². The lowest BCUT2D eigenvalue weighted by Crippen LogP contribution is -2.30. The van der Waals surface area contributed by atoms with E-state index in [0.29, 0.717) is 45.0 Å². The largest absolute Gasteiger partial charge is 0.481 e. The second-order valence-electron chi connectivity index (χ2n) is 14.3. The SMILES string of the molecule is CCCC(CC)CCOC(=O)C1CCCC(C(=O)O)C1.CCCCCCCCOC(=O)C1CCCC(C(=O)OCCCCCCCC)C1. The fourth-order valence-electron chi connectivity index (χ4n) is 7.00. The standard InChI is InChI=1S/C24H44O4.C16H28O4/c1-3-5-7-9-11-13-18-27-23(25)21-16-15-17-22(20-21)24(26)28-19-14-12-10-8-6-4-2;1-3-6-12(4-2)9-10-20-16(19)14-8-5-7-13(11-14)15(17)18/h21-22H,3-20H2,1-2H3;12-14H,3-11H2,1-2H3,(H,17,18). The lowest BCUT2D eigenvalue weighted by Gasteiger charge is -2.26. The Kier molecular flexibility index (Phi) is 26.2. The molecule has 0 spiro atoms. The number of aliphatic carboxylic acids is 1. The van der Waals surface area contributed by atoms with Gasteiger partial charge in [-0.1, -0.05) is 124 Å². The van der Waals surface area contributed by atoms with Crippen LogP contribution in [0.1, 0.15) is 182 Å². The molecule has 8 nitrogen and oxygen atoms in total. The van der Waals surface area contributed by atoms with Gasteiger partial charge in [-0.15, -0.1) is 0 Å². The van der Waals surface area contributed by atoms with Gasteiger partial charge in [0.25, 0.3) is 0 Å². The van der Waals surface area contributed by atoms with E-state index in [2.05, 4.69) is 27.7 Å². The topological polar surface area (TPSA) is 116 Å². The molecule has 5 atom stereocenters. The maximum absolute atomic E-state index is 12.3. The second kappa shape index (κ2) is 28.7. The molecule has 1 N–H and O–H groups in total. The molecule has 2 rings (SSSR count). The first-order valence-corrected chi connectivity index (χ1v) is 20.0. The first kappa shape index (κ1) is 43.9. The summed E-state index contributed by atoms with van der Waals surface area (Å²) in [6.45, 7) is 10.3. The highest BCUT2D eigenvalue weighted by Gasteiger charge is 2.33. The summed E-state index contributed by atoms with van der Waals surface area (Å²) in [4.78, 5) is 47.6. The molecule has 2 fully saturated rings. The van der Waals surface area contributed by atoms with E-state index in [4.69, 9.17) is 19.3 Å². The van der Waals surface area contributed by atoms with Crippen molar-refractivity contribution in [2.45, 2.75) is 182 Å². The highest BCUT2D eigenvalue weighted by Crippen LogP contribution is 2.32. The lowest BCUT2D eigenvalue weighted by molar-refractivity contribution is -0.156. The molecule has 5 unspecified atom stereocenters. The number of unbranched alkanes of at least 4 members (excludes halogenated alkanes) is 10. The Bertz CT molecular complexity index is 822. The smallest absolute Gasteiger partial charge is 0.308 e. The van der Waals surface area contributed by atoms with Gasteiger partial charge in [0.05, 0.1) is 43.5 Å². The van der Waals surface area contributed by atoms with Gasteiger partial charge in [-0.25, -0.2) is 0 Å². The van der Waals surface area contributed by atoms with E-state index in [1.807, 2.05) is 0 Å². The van der Waals surface area contributed by atoms with Crippen LogP contribution in [0.3, 0.4) is 0 Å². The lowest BCUT2D eigenvalue weighted by atomic mass is 9.81. The molecule has 0 amide bonds. The molecule has 2 aliphatic carbocycles. The maximum atomic E-state index is 12.3. The number of hydrogen-bond acceptors (Lipinski definition) is 7. The van der Waals surface area contributed by atoms with Gasteiger partial charge < -0.3 is 19.3 Å². The fourth-order valence-corrected chi connectivity index (χ4v) is 7.00. The Morgan fingerprint density at radius 3 is 1.33 bits per heavy atom. The Morgan fingerprint density at radius 1 is 0.521 bits per heavy atom. The molecule has 8 heteroatoms. The van der Waals surface area contributed by atoms with Gasteiger partial charge in [0.1, 0.15) is 0 Å². The van der Waals surface area contributed by atoms with Gasteiger partial charge in [0.2, 0.25) is 0 Å². The predicted molar refractivity (Wildman–Crippen MR) is 191 cm³/mol. The average Bonchev–Trinajstić information content (AvgIpc) is 3.10. The van der Waals surface area contributed by atoms with Crippen molar-refractivity contribution < 1.29 is 38.5 Å². The number of carboxylic acid groups (broad SMARTS) is 1. The average molecular weight is 681 g/mol. The third-order valence-corrected chi connectivity index (χ3v) is 10.2. The number of rotatable bonds is 24. The zero-order valence-electron chi connectivity index (χ0n) is 31.3. The van der Waals surface area contributed by atoms with Gasteiger partial charge in [0, 0.05) is 0 Å². The summed E-state index contributed by atoms with van der Waals surface area (Å²) >= 11 is 0. The van der Waals surface area contributed by atoms with E-state index in [1.54, 1.807) is 0 Å². The minimum absolute atomic E-state index is 0.109. The number of ether oxygens (including phenoxy) is 3. The third kappa shape index (κ3) is 20.4. The molecule has 0 aromatic carbocycles. The van der Waals surface area contributed by atoms with E-state index in [1.165, 1.54) is 57.8 Å². The molecule has 0 heterocycles. The van der Waals surface area contributed by atoms with E-state index in [9.17, 15) is 19.2 Å². The summed E-state index contributed by atoms with van der Waals surface area (Å²) in [6, 6.07) is 0. The molecule has 0 aliphatic heterocycles. The van der Waals surface area contributed by atoms with Crippen LogP contribution < -0.4 is 0 Å². The summed E-state index contributed by atoms with van der Waals surface area (Å²) < 4.78 is 16.3. The highest BCUT2D eigenvalue weighted by molar-refractivity contribution is 5.77. The number of carbonyl (C=O) groups is 4. The van der Waals surface area contributed by atoms with Crippen molar-refractivity contribution in [1.82, 2.24) is 0 Å². The molecular formula is C40H72O8. The van der Waals surface area contributed by atoms with E-state index < -0.39 is 5.97 Å². The molecule has 48 heavy (non-hydrogen) atoms. The molecule has 0 bridgehead atoms. The Labute approximate surface area is 293 Å². The Morgan fingerprint density at radius 2 is 0.917 bits per heavy atom. The van der Waals surface area contributed by atoms with E-state index >= 15 is 0 Å². The zero-order chi connectivity index (χ0) is 35.4. The second-order valence-corrected chi connectivity index (χ2v) is 14.3. The van der Waals surface area contributed by atoms with Gasteiger partial charge in [-0.2, -0.15) is 0 Å². The Hall–Kier alpha value is -2.12. The van der Waals surface area contributed by atoms with Crippen LogP contribution >= 0.6 is 0 Å². The van der Waals surface area contributed by atoms with Crippen molar-refractivity contribution in [2.24, 2.45) is 29.6 Å². The molecule has 280 valence electrons. The van der Waals surface area contributed by atoms with Gasteiger partial charge in [0.15, 0.2) is 0 Å². The zero-order valence-corrected chi connectivity index (χ0v) is 31.3. The van der Waals surface area contributed by atoms with Crippen LogP contribution in [0.2, 0.25) is 0 Å². The van der Waals surface area contributed by atoms with Crippen LogP contribution in [0.25, 0.3) is 0 Å². The summed E-state index contributed by atoms with van der Waals surface area (Å²) in [5.41, 5.74) is 0. The highest BCUT2D eigenvalue weighted by atomic mass is 16.5. The Balaban J connectivity index is 0.000000507. The van der Waals surface area contributed by atoms with Crippen LogP contribution in [0, 0.1) is 29.6 Å². The molecule has 2 saturated carbocycles. The van der Waals surface area contributed by atoms with Crippen molar-refractivity contribution in [3.8, 4) is 0 Å². The minimum atomic E-state index is -0.781. The normalized spacial score (nSPS) is 21.3. The van der Waals surface area contributed by atoms with Crippen molar-refractivity contribution >= 4 is 23.9 Å². The van der Waals surface area contributed by atoms with Crippen LogP contribution in [-0.4, -0.2) is 48.8 Å².